The molecule has 0 radical (unpaired) electrons. The highest BCUT2D eigenvalue weighted by atomic mass is 79.9. The van der Waals surface area contributed by atoms with Gasteiger partial charge < -0.3 is 5.43 Å². The van der Waals surface area contributed by atoms with Crippen molar-refractivity contribution in [2.75, 3.05) is 5.43 Å². The van der Waals surface area contributed by atoms with Gasteiger partial charge in [0.25, 0.3) is 0 Å². The maximum Gasteiger partial charge on any atom is 0.214 e. The number of aryl methyl sites for hydroxylation is 1. The van der Waals surface area contributed by atoms with E-state index in [1.807, 2.05) is 6.92 Å². The predicted molar refractivity (Wildman–Crippen MR) is 62.8 cm³/mol. The molecule has 84 valence electrons. The molecule has 0 aliphatic rings. The Labute approximate surface area is 104 Å². The molecule has 0 saturated carbocycles. The monoisotopic (exact) mass is 301 g/mol. The average molecular weight is 302 g/mol. The first-order chi connectivity index (χ1) is 7.70. The molecule has 2 rings (SSSR count). The van der Waals surface area contributed by atoms with E-state index < -0.39 is 0 Å². The molecule has 2 aromatic rings. The van der Waals surface area contributed by atoms with Gasteiger partial charge in [-0.15, -0.1) is 5.10 Å². The van der Waals surface area contributed by atoms with Crippen molar-refractivity contribution in [2.45, 2.75) is 17.1 Å². The van der Waals surface area contributed by atoms with Crippen LogP contribution < -0.4 is 11.3 Å². The first-order valence-electron chi connectivity index (χ1n) is 4.24. The van der Waals surface area contributed by atoms with Crippen LogP contribution in [0.1, 0.15) is 5.82 Å². The Bertz CT molecular complexity index is 499. The van der Waals surface area contributed by atoms with Crippen molar-refractivity contribution >= 4 is 33.5 Å². The summed E-state index contributed by atoms with van der Waals surface area (Å²) < 4.78 is 0.685. The minimum absolute atomic E-state index is 0.518. The van der Waals surface area contributed by atoms with Crippen molar-refractivity contribution in [1.82, 2.24) is 25.1 Å². The van der Waals surface area contributed by atoms with Crippen molar-refractivity contribution in [3.05, 3.63) is 16.6 Å². The molecule has 4 N–H and O–H groups in total. The van der Waals surface area contributed by atoms with E-state index in [0.29, 0.717) is 20.5 Å². The van der Waals surface area contributed by atoms with E-state index in [4.69, 9.17) is 5.84 Å². The number of halogens is 1. The molecule has 0 amide bonds. The molecular formula is C7H8BrN7S. The number of nitrogens with two attached hydrogens (primary N) is 1. The number of aromatic amines is 1. The SMILES string of the molecule is Cc1nc(Sc2ncnc(NN)c2Br)n[nH]1. The van der Waals surface area contributed by atoms with Crippen LogP contribution in [0.3, 0.4) is 0 Å². The normalized spacial score (nSPS) is 10.4. The zero-order valence-electron chi connectivity index (χ0n) is 8.23. The molecule has 2 heterocycles. The number of nitrogen functional groups attached to an aromatic ring is 1. The second kappa shape index (κ2) is 4.76. The highest BCUT2D eigenvalue weighted by Gasteiger charge is 2.11. The number of nitrogens with zero attached hydrogens (tertiary/aromatic N) is 4. The topological polar surface area (TPSA) is 105 Å². The summed E-state index contributed by atoms with van der Waals surface area (Å²) in [4.78, 5) is 12.2. The number of H-pyrrole nitrogens is 1. The lowest BCUT2D eigenvalue weighted by atomic mass is 10.6. The maximum absolute atomic E-state index is 5.30. The molecule has 0 unspecified atom stereocenters. The number of aromatic nitrogens is 5. The van der Waals surface area contributed by atoms with Crippen molar-refractivity contribution in [1.29, 1.82) is 0 Å². The van der Waals surface area contributed by atoms with Crippen molar-refractivity contribution < 1.29 is 0 Å². The van der Waals surface area contributed by atoms with E-state index in [9.17, 15) is 0 Å². The van der Waals surface area contributed by atoms with Gasteiger partial charge in [0.15, 0.2) is 5.82 Å². The fraction of sp³-hybridized carbons (Fsp3) is 0.143. The molecule has 0 bridgehead atoms. The van der Waals surface area contributed by atoms with Gasteiger partial charge in [0.2, 0.25) is 5.16 Å². The number of rotatable bonds is 3. The fourth-order valence-corrected chi connectivity index (χ4v) is 2.27. The van der Waals surface area contributed by atoms with E-state index in [1.165, 1.54) is 18.1 Å². The van der Waals surface area contributed by atoms with Crippen LogP contribution >= 0.6 is 27.7 Å². The van der Waals surface area contributed by atoms with E-state index >= 15 is 0 Å². The zero-order chi connectivity index (χ0) is 11.5. The number of hydrogen-bond donors (Lipinski definition) is 3. The lowest BCUT2D eigenvalue weighted by Crippen LogP contribution is -2.09. The number of hydrogen-bond acceptors (Lipinski definition) is 7. The van der Waals surface area contributed by atoms with Crippen LogP contribution in [0.2, 0.25) is 0 Å². The van der Waals surface area contributed by atoms with E-state index in [1.54, 1.807) is 0 Å². The van der Waals surface area contributed by atoms with Crippen molar-refractivity contribution in [2.24, 2.45) is 5.84 Å². The molecular weight excluding hydrogens is 294 g/mol. The molecule has 0 aliphatic heterocycles. The van der Waals surface area contributed by atoms with Gasteiger partial charge in [-0.2, -0.15) is 0 Å². The highest BCUT2D eigenvalue weighted by Crippen LogP contribution is 2.32. The van der Waals surface area contributed by atoms with E-state index in [2.05, 4.69) is 46.5 Å². The van der Waals surface area contributed by atoms with Crippen LogP contribution in [0.5, 0.6) is 0 Å². The molecule has 0 atom stereocenters. The first kappa shape index (κ1) is 11.3. The lowest BCUT2D eigenvalue weighted by molar-refractivity contribution is 0.956. The number of hydrazine groups is 1. The fourth-order valence-electron chi connectivity index (χ4n) is 0.980. The second-order valence-electron chi connectivity index (χ2n) is 2.79. The molecule has 0 fully saturated rings. The lowest BCUT2D eigenvalue weighted by Gasteiger charge is -2.04. The number of nitrogens with one attached hydrogen (secondary N) is 2. The van der Waals surface area contributed by atoms with Crippen LogP contribution in [0, 0.1) is 6.92 Å². The summed E-state index contributed by atoms with van der Waals surface area (Å²) in [6.07, 6.45) is 1.42. The Morgan fingerprint density at radius 3 is 2.94 bits per heavy atom. The third-order valence-corrected chi connectivity index (χ3v) is 3.54. The molecule has 9 heteroatoms. The van der Waals surface area contributed by atoms with Crippen LogP contribution in [-0.2, 0) is 0 Å². The van der Waals surface area contributed by atoms with Crippen LogP contribution in [0.15, 0.2) is 21.0 Å². The molecule has 0 aromatic carbocycles. The van der Waals surface area contributed by atoms with Crippen molar-refractivity contribution in [3.63, 3.8) is 0 Å². The first-order valence-corrected chi connectivity index (χ1v) is 5.85. The zero-order valence-corrected chi connectivity index (χ0v) is 10.6. The standard InChI is InChI=1S/C7H8BrN7S/c1-3-12-7(15-14-3)16-6-4(8)5(13-9)10-2-11-6/h2H,9H2,1H3,(H,10,11,13)(H,12,14,15). The Hall–Kier alpha value is -1.19. The smallest absolute Gasteiger partial charge is 0.214 e. The van der Waals surface area contributed by atoms with Gasteiger partial charge in [-0.1, -0.05) is 0 Å². The molecule has 0 saturated heterocycles. The average Bonchev–Trinajstić information content (AvgIpc) is 2.67. The Morgan fingerprint density at radius 2 is 2.31 bits per heavy atom. The Kier molecular flexibility index (Phi) is 3.36. The van der Waals surface area contributed by atoms with E-state index in [0.717, 1.165) is 5.82 Å². The summed E-state index contributed by atoms with van der Waals surface area (Å²) in [6.45, 7) is 1.83. The predicted octanol–water partition coefficient (Wildman–Crippen LogP) is 1.10. The van der Waals surface area contributed by atoms with Crippen molar-refractivity contribution in [3.8, 4) is 0 Å². The summed E-state index contributed by atoms with van der Waals surface area (Å²) in [7, 11) is 0. The third-order valence-electron chi connectivity index (χ3n) is 1.66. The minimum atomic E-state index is 0.518. The van der Waals surface area contributed by atoms with Gasteiger partial charge in [-0.25, -0.2) is 20.8 Å². The molecule has 16 heavy (non-hydrogen) atoms. The summed E-state index contributed by atoms with van der Waals surface area (Å²) >= 11 is 4.67. The van der Waals surface area contributed by atoms with Gasteiger partial charge in [-0.05, 0) is 34.6 Å². The van der Waals surface area contributed by atoms with Crippen LogP contribution in [0.4, 0.5) is 5.82 Å². The van der Waals surface area contributed by atoms with Gasteiger partial charge in [0, 0.05) is 0 Å². The van der Waals surface area contributed by atoms with Crippen LogP contribution in [0.25, 0.3) is 0 Å². The Morgan fingerprint density at radius 1 is 1.50 bits per heavy atom. The van der Waals surface area contributed by atoms with Gasteiger partial charge in [0.1, 0.15) is 17.2 Å². The van der Waals surface area contributed by atoms with Gasteiger partial charge >= 0.3 is 0 Å². The Balaban J connectivity index is 2.28. The van der Waals surface area contributed by atoms with E-state index in [-0.39, 0.29) is 0 Å². The molecule has 0 spiro atoms. The maximum atomic E-state index is 5.30. The largest absolute Gasteiger partial charge is 0.307 e. The summed E-state index contributed by atoms with van der Waals surface area (Å²) in [5, 5.41) is 8.05. The highest BCUT2D eigenvalue weighted by molar-refractivity contribution is 9.10. The summed E-state index contributed by atoms with van der Waals surface area (Å²) in [5.41, 5.74) is 2.47. The quantitative estimate of drug-likeness (QED) is 0.443. The van der Waals surface area contributed by atoms with Crippen LogP contribution in [-0.4, -0.2) is 25.1 Å². The molecule has 2 aromatic heterocycles. The molecule has 7 nitrogen and oxygen atoms in total. The van der Waals surface area contributed by atoms with Gasteiger partial charge in [-0.3, -0.25) is 5.10 Å². The third kappa shape index (κ3) is 2.31. The second-order valence-corrected chi connectivity index (χ2v) is 4.54. The minimum Gasteiger partial charge on any atom is -0.307 e. The summed E-state index contributed by atoms with van der Waals surface area (Å²) in [5.74, 6) is 6.57. The number of anilines is 1. The van der Waals surface area contributed by atoms with Gasteiger partial charge in [0.05, 0.1) is 4.47 Å². The summed E-state index contributed by atoms with van der Waals surface area (Å²) in [6, 6.07) is 0. The molecule has 0 aliphatic carbocycles.